The third-order valence-electron chi connectivity index (χ3n) is 2.20. The van der Waals surface area contributed by atoms with E-state index < -0.39 is 0 Å². The minimum absolute atomic E-state index is 0.791. The molecule has 62 valence electrons. The largest absolute Gasteiger partial charge is 0.335 e. The highest BCUT2D eigenvalue weighted by Crippen LogP contribution is 2.24. The molecule has 0 amide bonds. The van der Waals surface area contributed by atoms with E-state index in [1.54, 1.807) is 0 Å². The Morgan fingerprint density at radius 1 is 1.33 bits per heavy atom. The van der Waals surface area contributed by atoms with E-state index in [0.717, 1.165) is 5.15 Å². The summed E-state index contributed by atoms with van der Waals surface area (Å²) in [4.78, 5) is 0. The normalized spacial score (nSPS) is 10.9. The fourth-order valence-corrected chi connectivity index (χ4v) is 1.79. The molecule has 2 rings (SSSR count). The molecule has 0 saturated heterocycles. The lowest BCUT2D eigenvalue weighted by atomic mass is 10.2. The van der Waals surface area contributed by atoms with Crippen LogP contribution in [0.3, 0.4) is 0 Å². The van der Waals surface area contributed by atoms with Crippen molar-refractivity contribution in [2.75, 3.05) is 0 Å². The lowest BCUT2D eigenvalue weighted by molar-refractivity contribution is 0.965. The minimum atomic E-state index is 0.791. The van der Waals surface area contributed by atoms with Gasteiger partial charge in [-0.1, -0.05) is 29.8 Å². The Hall–Kier alpha value is -0.950. The molecule has 0 spiro atoms. The summed E-state index contributed by atoms with van der Waals surface area (Å²) in [7, 11) is 1.98. The van der Waals surface area contributed by atoms with Gasteiger partial charge in [-0.25, -0.2) is 0 Å². The fraction of sp³-hybridized carbons (Fsp3) is 0.200. The second kappa shape index (κ2) is 2.53. The molecular weight excluding hydrogens is 170 g/mol. The van der Waals surface area contributed by atoms with Gasteiger partial charge in [0.25, 0.3) is 0 Å². The first-order chi connectivity index (χ1) is 5.70. The van der Waals surface area contributed by atoms with E-state index in [4.69, 9.17) is 11.6 Å². The Kier molecular flexibility index (Phi) is 1.62. The van der Waals surface area contributed by atoms with Crippen molar-refractivity contribution in [1.29, 1.82) is 0 Å². The van der Waals surface area contributed by atoms with Crippen molar-refractivity contribution in [3.63, 3.8) is 0 Å². The number of nitrogens with zero attached hydrogens (tertiary/aromatic N) is 1. The topological polar surface area (TPSA) is 4.93 Å². The van der Waals surface area contributed by atoms with Gasteiger partial charge in [-0.2, -0.15) is 0 Å². The van der Waals surface area contributed by atoms with Crippen molar-refractivity contribution < 1.29 is 0 Å². The minimum Gasteiger partial charge on any atom is -0.335 e. The molecule has 0 aliphatic rings. The summed E-state index contributed by atoms with van der Waals surface area (Å²) >= 11 is 5.99. The zero-order valence-electron chi connectivity index (χ0n) is 7.13. The van der Waals surface area contributed by atoms with Crippen molar-refractivity contribution in [2.45, 2.75) is 6.92 Å². The van der Waals surface area contributed by atoms with Gasteiger partial charge in [-0.3, -0.25) is 0 Å². The highest BCUT2D eigenvalue weighted by molar-refractivity contribution is 6.31. The Morgan fingerprint density at radius 3 is 2.75 bits per heavy atom. The second-order valence-electron chi connectivity index (χ2n) is 3.04. The fourth-order valence-electron chi connectivity index (χ4n) is 1.59. The molecule has 0 unspecified atom stereocenters. The molecule has 2 aromatic rings. The SMILES string of the molecule is Cc1cccc2cc(Cl)n(C)c12. The zero-order chi connectivity index (χ0) is 8.72. The third kappa shape index (κ3) is 0.935. The van der Waals surface area contributed by atoms with Crippen molar-refractivity contribution >= 4 is 22.5 Å². The monoisotopic (exact) mass is 179 g/mol. The van der Waals surface area contributed by atoms with Gasteiger partial charge in [-0.15, -0.1) is 0 Å². The van der Waals surface area contributed by atoms with Gasteiger partial charge in [0.05, 0.1) is 5.52 Å². The quantitative estimate of drug-likeness (QED) is 0.586. The molecule has 0 fully saturated rings. The molecule has 1 aromatic heterocycles. The average molecular weight is 180 g/mol. The molecule has 0 aliphatic carbocycles. The number of fused-ring (bicyclic) bond motifs is 1. The zero-order valence-corrected chi connectivity index (χ0v) is 7.89. The number of aromatic nitrogens is 1. The van der Waals surface area contributed by atoms with Crippen LogP contribution >= 0.6 is 11.6 Å². The molecule has 2 heteroatoms. The Bertz CT molecular complexity index is 429. The molecule has 0 aliphatic heterocycles. The summed E-state index contributed by atoms with van der Waals surface area (Å²) in [6.45, 7) is 2.10. The van der Waals surface area contributed by atoms with Crippen LogP contribution < -0.4 is 0 Å². The van der Waals surface area contributed by atoms with Gasteiger partial charge in [0, 0.05) is 12.4 Å². The number of halogens is 1. The highest BCUT2D eigenvalue weighted by Gasteiger charge is 2.04. The van der Waals surface area contributed by atoms with E-state index in [-0.39, 0.29) is 0 Å². The van der Waals surface area contributed by atoms with Crippen molar-refractivity contribution in [3.05, 3.63) is 35.0 Å². The van der Waals surface area contributed by atoms with Crippen LogP contribution in [0.2, 0.25) is 5.15 Å². The molecule has 12 heavy (non-hydrogen) atoms. The van der Waals surface area contributed by atoms with Gasteiger partial charge >= 0.3 is 0 Å². The Balaban J connectivity index is 2.97. The summed E-state index contributed by atoms with van der Waals surface area (Å²) in [5.74, 6) is 0. The number of aryl methyl sites for hydroxylation is 2. The van der Waals surface area contributed by atoms with Crippen molar-refractivity contribution in [2.24, 2.45) is 7.05 Å². The maximum Gasteiger partial charge on any atom is 0.109 e. The van der Waals surface area contributed by atoms with E-state index in [0.29, 0.717) is 0 Å². The first-order valence-corrected chi connectivity index (χ1v) is 4.28. The predicted octanol–water partition coefficient (Wildman–Crippen LogP) is 3.14. The van der Waals surface area contributed by atoms with Gasteiger partial charge in [0.1, 0.15) is 5.15 Å². The molecule has 1 aromatic carbocycles. The van der Waals surface area contributed by atoms with E-state index in [1.165, 1.54) is 16.5 Å². The second-order valence-corrected chi connectivity index (χ2v) is 3.43. The molecule has 0 bridgehead atoms. The summed E-state index contributed by atoms with van der Waals surface area (Å²) < 4.78 is 2.01. The van der Waals surface area contributed by atoms with Crippen LogP contribution in [0.15, 0.2) is 24.3 Å². The number of hydrogen-bond donors (Lipinski definition) is 0. The number of benzene rings is 1. The van der Waals surface area contributed by atoms with Crippen LogP contribution in [-0.4, -0.2) is 4.57 Å². The predicted molar refractivity (Wildman–Crippen MR) is 52.7 cm³/mol. The third-order valence-corrected chi connectivity index (χ3v) is 2.56. The molecule has 0 N–H and O–H groups in total. The number of hydrogen-bond acceptors (Lipinski definition) is 0. The van der Waals surface area contributed by atoms with E-state index in [2.05, 4.69) is 19.1 Å². The standard InChI is InChI=1S/C10H10ClN/c1-7-4-3-5-8-6-9(11)12(2)10(7)8/h3-6H,1-2H3. The lowest BCUT2D eigenvalue weighted by Crippen LogP contribution is -1.88. The van der Waals surface area contributed by atoms with Crippen molar-refractivity contribution in [1.82, 2.24) is 4.57 Å². The summed E-state index contributed by atoms with van der Waals surface area (Å²) in [5, 5.41) is 2.00. The molecule has 1 nitrogen and oxygen atoms in total. The Morgan fingerprint density at radius 2 is 2.08 bits per heavy atom. The van der Waals surface area contributed by atoms with Crippen LogP contribution in [0.1, 0.15) is 5.56 Å². The van der Waals surface area contributed by atoms with Crippen LogP contribution in [0.5, 0.6) is 0 Å². The highest BCUT2D eigenvalue weighted by atomic mass is 35.5. The first kappa shape index (κ1) is 7.69. The summed E-state index contributed by atoms with van der Waals surface area (Å²) in [5.41, 5.74) is 2.49. The molecule has 0 radical (unpaired) electrons. The Labute approximate surface area is 76.6 Å². The van der Waals surface area contributed by atoms with Crippen LogP contribution in [0.4, 0.5) is 0 Å². The van der Waals surface area contributed by atoms with Crippen LogP contribution in [-0.2, 0) is 7.05 Å². The number of para-hydroxylation sites is 1. The van der Waals surface area contributed by atoms with E-state index in [9.17, 15) is 0 Å². The van der Waals surface area contributed by atoms with Gasteiger partial charge in [0.15, 0.2) is 0 Å². The molecule has 0 atom stereocenters. The van der Waals surface area contributed by atoms with Gasteiger partial charge < -0.3 is 4.57 Å². The summed E-state index contributed by atoms with van der Waals surface area (Å²) in [6.07, 6.45) is 0. The van der Waals surface area contributed by atoms with Crippen molar-refractivity contribution in [3.8, 4) is 0 Å². The van der Waals surface area contributed by atoms with Crippen LogP contribution in [0.25, 0.3) is 10.9 Å². The molecule has 1 heterocycles. The summed E-state index contributed by atoms with van der Waals surface area (Å²) in [6, 6.07) is 8.21. The van der Waals surface area contributed by atoms with Crippen LogP contribution in [0, 0.1) is 6.92 Å². The molecule has 0 saturated carbocycles. The van der Waals surface area contributed by atoms with E-state index in [1.807, 2.05) is 23.7 Å². The number of rotatable bonds is 0. The van der Waals surface area contributed by atoms with E-state index >= 15 is 0 Å². The molecular formula is C10H10ClN. The van der Waals surface area contributed by atoms with Gasteiger partial charge in [-0.05, 0) is 18.6 Å². The average Bonchev–Trinajstić information content (AvgIpc) is 2.29. The lowest BCUT2D eigenvalue weighted by Gasteiger charge is -2.00. The first-order valence-electron chi connectivity index (χ1n) is 3.90. The van der Waals surface area contributed by atoms with Gasteiger partial charge in [0.2, 0.25) is 0 Å². The maximum atomic E-state index is 5.99. The maximum absolute atomic E-state index is 5.99. The smallest absolute Gasteiger partial charge is 0.109 e.